The fourth-order valence-corrected chi connectivity index (χ4v) is 16.1. The number of nitrogens with one attached hydrogen (secondary N) is 5. The van der Waals surface area contributed by atoms with Crippen LogP contribution in [0.2, 0.25) is 30.1 Å². The molecule has 574 valence electrons. The first kappa shape index (κ1) is 80.3. The number of ether oxygens (including phenoxy) is 3. The number of hydrogen-bond donors (Lipinski definition) is 5. The number of aromatic nitrogens is 2. The average molecular weight is 1610 g/mol. The van der Waals surface area contributed by atoms with Crippen molar-refractivity contribution in [3.8, 4) is 17.2 Å². The van der Waals surface area contributed by atoms with Gasteiger partial charge in [0.2, 0.25) is 0 Å². The highest BCUT2D eigenvalue weighted by Gasteiger charge is 2.33. The Morgan fingerprint density at radius 2 is 0.971 bits per heavy atom. The molecule has 30 heteroatoms. The monoisotopic (exact) mass is 1610 g/mol. The Balaban J connectivity index is 0.000000342. The highest BCUT2D eigenvalue weighted by molar-refractivity contribution is 7.90. The summed E-state index contributed by atoms with van der Waals surface area (Å²) < 4.78 is 83.1. The molecule has 4 fully saturated rings. The summed E-state index contributed by atoms with van der Waals surface area (Å²) in [6, 6.07) is 30.4. The summed E-state index contributed by atoms with van der Waals surface area (Å²) in [5, 5.41) is 9.97. The van der Waals surface area contributed by atoms with Gasteiger partial charge in [-0.1, -0.05) is 108 Å². The van der Waals surface area contributed by atoms with Crippen LogP contribution in [-0.4, -0.2) is 173 Å². The number of piperidine rings is 4. The fourth-order valence-electron chi connectivity index (χ4n) is 13.3. The molecule has 6 heterocycles. The third-order valence-corrected chi connectivity index (χ3v) is 23.8. The van der Waals surface area contributed by atoms with Crippen molar-refractivity contribution in [1.82, 2.24) is 44.9 Å². The van der Waals surface area contributed by atoms with E-state index in [1.54, 1.807) is 66.4 Å². The van der Waals surface area contributed by atoms with Crippen molar-refractivity contribution in [1.29, 1.82) is 0 Å². The standard InChI is InChI=1S/C26H29Cl2N3O5S.C25H26Cl2FN3O3.C24H29Cl2N3O4S.6H2/c1-16(15-31-9-7-17(8-10-31)36-18-3-6-23(27)24(28)11-18)13-29-26(33)22-14-30-25(32)21-12-19(37(2,34)35)4-5-20(21)22;1-15(12-29-25(33)21-13-30-24(32)19-4-2-16(28)10-20(19)21)14-31-8-6-17(7-9-31)34-18-3-5-22(26)23(27)11-18;1-17-4-2-3-5-23(17)34(31,32)27-24(30)29-12-8-18(9-13-29)28-14-10-19(11-15-28)33-20-6-7-21(25)22(26)16-20;;;;;;/h3-6,11-12,14,16-17H,7-10,13,15H2,1-2H3,(H,29,33)(H,30,32);2-5,10-11,13,15,17H,6-9,12,14H2,1H3,(H,29,33)(H,30,32);2-7,16,18-19H,8-15H2,1H3,(H,27,30);6*1H/t16-;15-;;;;;;;/m11......./s1. The lowest BCUT2D eigenvalue weighted by Crippen LogP contribution is -2.52. The van der Waals surface area contributed by atoms with Gasteiger partial charge >= 0.3 is 6.03 Å². The lowest BCUT2D eigenvalue weighted by molar-refractivity contribution is 0.0539. The second kappa shape index (κ2) is 36.6. The van der Waals surface area contributed by atoms with Crippen LogP contribution in [0.15, 0.2) is 147 Å². The van der Waals surface area contributed by atoms with E-state index in [9.17, 15) is 45.2 Å². The van der Waals surface area contributed by atoms with Crippen LogP contribution in [0.3, 0.4) is 0 Å². The van der Waals surface area contributed by atoms with E-state index in [0.717, 1.165) is 121 Å². The first-order valence-corrected chi connectivity index (χ1v) is 40.3. The molecule has 4 amide bonds. The van der Waals surface area contributed by atoms with Gasteiger partial charge in [0.15, 0.2) is 9.84 Å². The van der Waals surface area contributed by atoms with Gasteiger partial charge in [-0.15, -0.1) is 0 Å². The number of sulfonamides is 1. The van der Waals surface area contributed by atoms with Gasteiger partial charge in [0.1, 0.15) is 41.4 Å². The van der Waals surface area contributed by atoms with Crippen molar-refractivity contribution in [2.24, 2.45) is 11.8 Å². The summed E-state index contributed by atoms with van der Waals surface area (Å²) in [5.74, 6) is 1.41. The molecule has 0 radical (unpaired) electrons. The molecule has 2 aromatic heterocycles. The molecule has 4 saturated heterocycles. The zero-order valence-electron chi connectivity index (χ0n) is 58.4. The number of carbonyl (C=O) groups excluding carboxylic acids is 3. The molecule has 0 bridgehead atoms. The number of rotatable bonds is 20. The molecule has 6 aromatic carbocycles. The molecule has 2 atom stereocenters. The number of halogens is 7. The maximum Gasteiger partial charge on any atom is 0.331 e. The van der Waals surface area contributed by atoms with E-state index in [2.05, 4.69) is 53.9 Å². The summed E-state index contributed by atoms with van der Waals surface area (Å²) in [6.45, 7) is 14.9. The molecule has 12 rings (SSSR count). The second-order valence-corrected chi connectivity index (χ2v) is 33.2. The number of sulfone groups is 1. The van der Waals surface area contributed by atoms with Crippen molar-refractivity contribution in [2.75, 3.05) is 84.8 Å². The van der Waals surface area contributed by atoms with Gasteiger partial charge in [-0.2, -0.15) is 0 Å². The van der Waals surface area contributed by atoms with Crippen LogP contribution in [0.25, 0.3) is 21.5 Å². The highest BCUT2D eigenvalue weighted by atomic mass is 35.5. The number of H-pyrrole nitrogens is 2. The van der Waals surface area contributed by atoms with Crippen molar-refractivity contribution < 1.29 is 58.4 Å². The summed E-state index contributed by atoms with van der Waals surface area (Å²) in [4.78, 5) is 76.5. The first-order valence-electron chi connectivity index (χ1n) is 34.7. The van der Waals surface area contributed by atoms with E-state index in [-0.39, 0.29) is 82.2 Å². The number of urea groups is 1. The lowest BCUT2D eigenvalue weighted by Gasteiger charge is -2.41. The number of amides is 4. The quantitative estimate of drug-likeness (QED) is 0.0475. The third-order valence-electron chi connectivity index (χ3n) is 19.0. The number of aromatic amines is 2. The number of hydrogen-bond acceptors (Lipinski definition) is 15. The maximum atomic E-state index is 13.7. The molecular formula is C75H96Cl6FN9O12S2. The van der Waals surface area contributed by atoms with Gasteiger partial charge in [-0.3, -0.25) is 24.1 Å². The zero-order chi connectivity index (χ0) is 75.3. The molecule has 0 saturated carbocycles. The Kier molecular flexibility index (Phi) is 28.0. The molecule has 0 aliphatic carbocycles. The van der Waals surface area contributed by atoms with Crippen molar-refractivity contribution in [3.05, 3.63) is 201 Å². The van der Waals surface area contributed by atoms with E-state index in [1.165, 1.54) is 54.9 Å². The Labute approximate surface area is 649 Å². The van der Waals surface area contributed by atoms with Crippen LogP contribution in [0.1, 0.15) is 100 Å². The number of pyridine rings is 2. The number of carbonyl (C=O) groups is 3. The van der Waals surface area contributed by atoms with Crippen LogP contribution in [0, 0.1) is 24.6 Å². The third kappa shape index (κ3) is 22.2. The predicted molar refractivity (Wildman–Crippen MR) is 424 cm³/mol. The molecule has 21 nitrogen and oxygen atoms in total. The Hall–Kier alpha value is -7.20. The van der Waals surface area contributed by atoms with Gasteiger partial charge in [-0.25, -0.2) is 30.7 Å². The smallest absolute Gasteiger partial charge is 0.331 e. The van der Waals surface area contributed by atoms with Crippen LogP contribution in [0.4, 0.5) is 9.18 Å². The van der Waals surface area contributed by atoms with Crippen LogP contribution < -0.4 is 40.7 Å². The maximum absolute atomic E-state index is 13.7. The number of aryl methyl sites for hydroxylation is 1. The molecule has 4 aliphatic rings. The highest BCUT2D eigenvalue weighted by Crippen LogP contribution is 2.33. The SMILES string of the molecule is C[C@H](CNC(=O)c1c[nH]c(=O)c2cc(S(C)(=O)=O)ccc12)CN1CCC(Oc2ccc(Cl)c(Cl)c2)CC1.C[C@H](CNC(=O)c1c[nH]c(=O)c2ccc(F)cc12)CN1CCC(Oc2ccc(Cl)c(Cl)c2)CC1.Cc1ccccc1S(=O)(=O)NC(=O)N1CCC(N2CCC(Oc3ccc(Cl)c(Cl)c3)CC2)CC1.[HH].[HH].[HH].[HH].[HH].[HH]. The lowest BCUT2D eigenvalue weighted by atomic mass is 9.99. The van der Waals surface area contributed by atoms with Crippen molar-refractivity contribution in [3.63, 3.8) is 0 Å². The van der Waals surface area contributed by atoms with E-state index < -0.39 is 37.3 Å². The number of nitrogens with zero attached hydrogens (tertiary/aromatic N) is 4. The average Bonchev–Trinajstić information content (AvgIpc) is 0.789. The van der Waals surface area contributed by atoms with Gasteiger partial charge in [-0.05, 0) is 148 Å². The van der Waals surface area contributed by atoms with E-state index in [1.807, 2.05) is 18.2 Å². The summed E-state index contributed by atoms with van der Waals surface area (Å²) >= 11 is 36.1. The van der Waals surface area contributed by atoms with E-state index in [4.69, 9.17) is 83.8 Å². The van der Waals surface area contributed by atoms with Crippen molar-refractivity contribution >= 4 is 129 Å². The molecule has 4 aliphatic heterocycles. The zero-order valence-corrected chi connectivity index (χ0v) is 64.5. The minimum atomic E-state index is -3.89. The number of fused-ring (bicyclic) bond motifs is 2. The fraction of sp³-hybridized carbons (Fsp3) is 0.400. The van der Waals surface area contributed by atoms with E-state index in [0.29, 0.717) is 90.0 Å². The predicted octanol–water partition coefficient (Wildman–Crippen LogP) is 15.2. The van der Waals surface area contributed by atoms with E-state index >= 15 is 0 Å². The van der Waals surface area contributed by atoms with Gasteiger partial charge in [0, 0.05) is 152 Å². The molecule has 5 N–H and O–H groups in total. The van der Waals surface area contributed by atoms with Crippen LogP contribution >= 0.6 is 69.6 Å². The molecule has 105 heavy (non-hydrogen) atoms. The summed E-state index contributed by atoms with van der Waals surface area (Å²) in [6.07, 6.45) is 11.2. The first-order chi connectivity index (χ1) is 50.0. The number of likely N-dealkylation sites (tertiary alicyclic amines) is 4. The molecule has 0 spiro atoms. The topological polar surface area (TPSA) is 262 Å². The van der Waals surface area contributed by atoms with Gasteiger partial charge in [0.05, 0.1) is 51.1 Å². The van der Waals surface area contributed by atoms with Gasteiger partial charge in [0.25, 0.3) is 33.0 Å². The van der Waals surface area contributed by atoms with Crippen LogP contribution in [-0.2, 0) is 19.9 Å². The minimum Gasteiger partial charge on any atom is -0.490 e. The summed E-state index contributed by atoms with van der Waals surface area (Å²) in [5.41, 5.74) is 0.347. The van der Waals surface area contributed by atoms with Crippen LogP contribution in [0.5, 0.6) is 17.2 Å². The molecule has 0 unspecified atom stereocenters. The Morgan fingerprint density at radius 1 is 0.533 bits per heavy atom. The summed E-state index contributed by atoms with van der Waals surface area (Å²) in [7, 11) is -7.37. The second-order valence-electron chi connectivity index (χ2n) is 27.1. The molecule has 8 aromatic rings. The van der Waals surface area contributed by atoms with Gasteiger partial charge < -0.3 is 49.5 Å². The largest absolute Gasteiger partial charge is 0.490 e. The normalized spacial score (nSPS) is 16.8. The number of benzene rings is 6. The molecular weight excluding hydrogens is 1510 g/mol. The van der Waals surface area contributed by atoms with Crippen molar-refractivity contribution in [2.45, 2.75) is 106 Å². The Bertz CT molecular complexity index is 4810. The minimum absolute atomic E-state index is 0. The Morgan fingerprint density at radius 3 is 1.43 bits per heavy atom.